The Kier molecular flexibility index (Phi) is 6.25. The first-order valence-corrected chi connectivity index (χ1v) is 11.6. The molecule has 1 saturated carbocycles. The Balaban J connectivity index is 1.35. The van der Waals surface area contributed by atoms with Gasteiger partial charge in [0.05, 0.1) is 29.5 Å². The molecule has 152 valence electrons. The lowest BCUT2D eigenvalue weighted by atomic mass is 10.1. The highest BCUT2D eigenvalue weighted by atomic mass is 32.2. The Labute approximate surface area is 175 Å². The third kappa shape index (κ3) is 4.38. The van der Waals surface area contributed by atoms with Gasteiger partial charge in [0.25, 0.3) is 0 Å². The summed E-state index contributed by atoms with van der Waals surface area (Å²) in [6, 6.07) is 5.02. The quantitative estimate of drug-likeness (QED) is 0.727. The maximum Gasteiger partial charge on any atom is 0.414 e. The molecule has 0 unspecified atom stereocenters. The van der Waals surface area contributed by atoms with Crippen LogP contribution in [0.2, 0.25) is 0 Å². The SMILES string of the molecule is O=C1O[C@@H](CNC(=S)C2CCCC2)CN1c1ccc(N2CCSCC2)c(F)c1. The fourth-order valence-electron chi connectivity index (χ4n) is 4.11. The highest BCUT2D eigenvalue weighted by Crippen LogP contribution is 2.29. The minimum Gasteiger partial charge on any atom is -0.442 e. The summed E-state index contributed by atoms with van der Waals surface area (Å²) < 4.78 is 20.1. The van der Waals surface area contributed by atoms with Crippen LogP contribution in [-0.4, -0.2) is 54.9 Å². The van der Waals surface area contributed by atoms with Gasteiger partial charge in [-0.25, -0.2) is 9.18 Å². The summed E-state index contributed by atoms with van der Waals surface area (Å²) in [6.07, 6.45) is 4.04. The fourth-order valence-corrected chi connectivity index (χ4v) is 5.33. The molecular formula is C20H26FN3O2S2. The van der Waals surface area contributed by atoms with Crippen molar-refractivity contribution in [2.24, 2.45) is 5.92 Å². The number of carbonyl (C=O) groups excluding carboxylic acids is 1. The van der Waals surface area contributed by atoms with Crippen LogP contribution >= 0.6 is 24.0 Å². The number of amides is 1. The van der Waals surface area contributed by atoms with Crippen molar-refractivity contribution >= 4 is 46.4 Å². The average Bonchev–Trinajstić information content (AvgIpc) is 3.37. The molecule has 8 heteroatoms. The van der Waals surface area contributed by atoms with Crippen molar-refractivity contribution in [3.05, 3.63) is 24.0 Å². The molecule has 0 radical (unpaired) electrons. The van der Waals surface area contributed by atoms with Crippen LogP contribution in [0.25, 0.3) is 0 Å². The molecule has 1 aromatic rings. The van der Waals surface area contributed by atoms with Crippen molar-refractivity contribution < 1.29 is 13.9 Å². The molecule has 1 atom stereocenters. The van der Waals surface area contributed by atoms with Gasteiger partial charge >= 0.3 is 6.09 Å². The first-order valence-electron chi connectivity index (χ1n) is 10.00. The Morgan fingerprint density at radius 1 is 1.29 bits per heavy atom. The third-order valence-corrected chi connectivity index (χ3v) is 7.12. The van der Waals surface area contributed by atoms with E-state index in [1.165, 1.54) is 23.8 Å². The molecular weight excluding hydrogens is 397 g/mol. The maximum atomic E-state index is 14.7. The summed E-state index contributed by atoms with van der Waals surface area (Å²) in [4.78, 5) is 16.7. The van der Waals surface area contributed by atoms with E-state index in [4.69, 9.17) is 17.0 Å². The predicted molar refractivity (Wildman–Crippen MR) is 116 cm³/mol. The molecule has 1 N–H and O–H groups in total. The Morgan fingerprint density at radius 2 is 2.04 bits per heavy atom. The molecule has 1 amide bonds. The first kappa shape index (κ1) is 19.8. The number of rotatable bonds is 5. The van der Waals surface area contributed by atoms with Crippen LogP contribution in [0.15, 0.2) is 18.2 Å². The second-order valence-corrected chi connectivity index (χ2v) is 9.24. The van der Waals surface area contributed by atoms with E-state index in [9.17, 15) is 9.18 Å². The van der Waals surface area contributed by atoms with Crippen molar-refractivity contribution in [1.29, 1.82) is 0 Å². The number of cyclic esters (lactones) is 1. The zero-order valence-corrected chi connectivity index (χ0v) is 17.5. The fraction of sp³-hybridized carbons (Fsp3) is 0.600. The zero-order chi connectivity index (χ0) is 19.5. The lowest BCUT2D eigenvalue weighted by molar-refractivity contribution is 0.142. The first-order chi connectivity index (χ1) is 13.6. The van der Waals surface area contributed by atoms with Crippen LogP contribution in [0.1, 0.15) is 25.7 Å². The molecule has 1 aliphatic carbocycles. The van der Waals surface area contributed by atoms with E-state index in [1.807, 2.05) is 11.8 Å². The van der Waals surface area contributed by atoms with E-state index in [0.717, 1.165) is 42.4 Å². The van der Waals surface area contributed by atoms with E-state index >= 15 is 0 Å². The van der Waals surface area contributed by atoms with Crippen LogP contribution in [-0.2, 0) is 4.74 Å². The van der Waals surface area contributed by atoms with Gasteiger partial charge in [-0.05, 0) is 31.0 Å². The lowest BCUT2D eigenvalue weighted by Gasteiger charge is -2.29. The van der Waals surface area contributed by atoms with Gasteiger partial charge in [0.15, 0.2) is 0 Å². The molecule has 0 bridgehead atoms. The minimum absolute atomic E-state index is 0.284. The zero-order valence-electron chi connectivity index (χ0n) is 15.9. The van der Waals surface area contributed by atoms with Crippen LogP contribution in [0.5, 0.6) is 0 Å². The summed E-state index contributed by atoms with van der Waals surface area (Å²) in [7, 11) is 0. The predicted octanol–water partition coefficient (Wildman–Crippen LogP) is 3.81. The van der Waals surface area contributed by atoms with E-state index in [1.54, 1.807) is 12.1 Å². The number of anilines is 2. The van der Waals surface area contributed by atoms with E-state index < -0.39 is 6.09 Å². The van der Waals surface area contributed by atoms with Crippen molar-refractivity contribution in [3.8, 4) is 0 Å². The molecule has 4 rings (SSSR count). The number of benzene rings is 1. The van der Waals surface area contributed by atoms with Gasteiger partial charge < -0.3 is 15.0 Å². The molecule has 0 aromatic heterocycles. The summed E-state index contributed by atoms with van der Waals surface area (Å²) in [5, 5.41) is 3.27. The standard InChI is InChI=1S/C20H26FN3O2S2/c21-17-11-15(5-6-18(17)23-7-9-28-10-8-23)24-13-16(26-20(24)25)12-22-19(27)14-3-1-2-4-14/h5-6,11,14,16H,1-4,7-10,12-13H2,(H,22,27)/t16-/m0/s1. The van der Waals surface area contributed by atoms with E-state index in [-0.39, 0.29) is 11.9 Å². The summed E-state index contributed by atoms with van der Waals surface area (Å²) in [6.45, 7) is 2.60. The molecule has 3 fully saturated rings. The van der Waals surface area contributed by atoms with Crippen molar-refractivity contribution in [2.75, 3.05) is 47.5 Å². The number of thioether (sulfide) groups is 1. The Morgan fingerprint density at radius 3 is 2.75 bits per heavy atom. The van der Waals surface area contributed by atoms with Gasteiger partial charge in [-0.3, -0.25) is 4.90 Å². The van der Waals surface area contributed by atoms with Crippen molar-refractivity contribution in [3.63, 3.8) is 0 Å². The summed E-state index contributed by atoms with van der Waals surface area (Å²) in [5.41, 5.74) is 1.15. The maximum absolute atomic E-state index is 14.7. The van der Waals surface area contributed by atoms with Crippen LogP contribution in [0.4, 0.5) is 20.6 Å². The van der Waals surface area contributed by atoms with E-state index in [0.29, 0.717) is 30.4 Å². The molecule has 3 aliphatic rings. The molecule has 2 aliphatic heterocycles. The molecule has 0 spiro atoms. The molecule has 2 saturated heterocycles. The number of carbonyl (C=O) groups is 1. The average molecular weight is 424 g/mol. The smallest absolute Gasteiger partial charge is 0.414 e. The second kappa shape index (κ2) is 8.86. The Hall–Kier alpha value is -1.54. The molecule has 1 aromatic carbocycles. The van der Waals surface area contributed by atoms with Gasteiger partial charge in [-0.15, -0.1) is 0 Å². The van der Waals surface area contributed by atoms with Crippen molar-refractivity contribution in [1.82, 2.24) is 5.32 Å². The third-order valence-electron chi connectivity index (χ3n) is 5.70. The number of thiocarbonyl (C=S) groups is 1. The summed E-state index contributed by atoms with van der Waals surface area (Å²) in [5.74, 6) is 2.19. The van der Waals surface area contributed by atoms with Gasteiger partial charge in [-0.2, -0.15) is 11.8 Å². The van der Waals surface area contributed by atoms with E-state index in [2.05, 4.69) is 10.2 Å². The number of hydrogen-bond acceptors (Lipinski definition) is 5. The Bertz CT molecular complexity index is 736. The van der Waals surface area contributed by atoms with Crippen LogP contribution in [0.3, 0.4) is 0 Å². The number of halogens is 1. The summed E-state index contributed by atoms with van der Waals surface area (Å²) >= 11 is 7.36. The lowest BCUT2D eigenvalue weighted by Crippen LogP contribution is -2.36. The second-order valence-electron chi connectivity index (χ2n) is 7.58. The number of nitrogens with one attached hydrogen (secondary N) is 1. The van der Waals surface area contributed by atoms with Crippen molar-refractivity contribution in [2.45, 2.75) is 31.8 Å². The van der Waals surface area contributed by atoms with Gasteiger partial charge in [0.2, 0.25) is 0 Å². The normalized spacial score (nSPS) is 23.2. The van der Waals surface area contributed by atoms with Crippen LogP contribution < -0.4 is 15.1 Å². The highest BCUT2D eigenvalue weighted by Gasteiger charge is 2.33. The van der Waals surface area contributed by atoms with Gasteiger partial charge in [-0.1, -0.05) is 25.1 Å². The molecule has 5 nitrogen and oxygen atoms in total. The number of ether oxygens (including phenoxy) is 1. The monoisotopic (exact) mass is 423 g/mol. The number of nitrogens with zero attached hydrogens (tertiary/aromatic N) is 2. The molecule has 28 heavy (non-hydrogen) atoms. The van der Waals surface area contributed by atoms with Crippen LogP contribution in [0, 0.1) is 11.7 Å². The van der Waals surface area contributed by atoms with Gasteiger partial charge in [0.1, 0.15) is 11.9 Å². The van der Waals surface area contributed by atoms with Gasteiger partial charge in [0, 0.05) is 30.5 Å². The number of hydrogen-bond donors (Lipinski definition) is 1. The molecule has 2 heterocycles. The largest absolute Gasteiger partial charge is 0.442 e. The minimum atomic E-state index is -0.430. The highest BCUT2D eigenvalue weighted by molar-refractivity contribution is 7.99. The topological polar surface area (TPSA) is 44.8 Å².